The Morgan fingerprint density at radius 2 is 1.88 bits per heavy atom. The quantitative estimate of drug-likeness (QED) is 0.912. The number of alkyl halides is 3. The van der Waals surface area contributed by atoms with Gasteiger partial charge in [-0.25, -0.2) is 0 Å². The van der Waals surface area contributed by atoms with E-state index in [1.807, 2.05) is 0 Å². The van der Waals surface area contributed by atoms with Crippen molar-refractivity contribution in [3.8, 4) is 0 Å². The van der Waals surface area contributed by atoms with E-state index in [4.69, 9.17) is 4.42 Å². The highest BCUT2D eigenvalue weighted by atomic mass is 19.4. The second-order valence-electron chi connectivity index (χ2n) is 5.88. The number of likely N-dealkylation sites (tertiary alicyclic amines) is 1. The van der Waals surface area contributed by atoms with Crippen LogP contribution in [-0.2, 0) is 11.8 Å². The van der Waals surface area contributed by atoms with Gasteiger partial charge in [-0.1, -0.05) is 12.1 Å². The predicted octanol–water partition coefficient (Wildman–Crippen LogP) is 3.42. The second-order valence-corrected chi connectivity index (χ2v) is 5.88. The molecule has 0 bridgehead atoms. The average Bonchev–Trinajstić information content (AvgIpc) is 3.09. The first-order chi connectivity index (χ1) is 11.3. The van der Waals surface area contributed by atoms with Crippen LogP contribution in [0.4, 0.5) is 13.2 Å². The van der Waals surface area contributed by atoms with Crippen LogP contribution in [0.15, 0.2) is 47.1 Å². The molecule has 1 N–H and O–H groups in total. The third-order valence-electron chi connectivity index (χ3n) is 4.34. The minimum atomic E-state index is -4.46. The highest BCUT2D eigenvalue weighted by Crippen LogP contribution is 2.37. The molecule has 1 aromatic heterocycles. The standard InChI is InChI=1S/C17H16F3NO3/c18-17(19,20)13-4-1-3-12(11-13)16(23)6-8-21(9-7-16)15(22)14-5-2-10-24-14/h1-5,10-11,23H,6-9H2. The molecule has 1 aromatic carbocycles. The van der Waals surface area contributed by atoms with Crippen LogP contribution in [0.2, 0.25) is 0 Å². The lowest BCUT2D eigenvalue weighted by atomic mass is 9.83. The van der Waals surface area contributed by atoms with Gasteiger partial charge < -0.3 is 14.4 Å². The summed E-state index contributed by atoms with van der Waals surface area (Å²) in [4.78, 5) is 13.7. The van der Waals surface area contributed by atoms with Crippen LogP contribution >= 0.6 is 0 Å². The highest BCUT2D eigenvalue weighted by Gasteiger charge is 2.38. The summed E-state index contributed by atoms with van der Waals surface area (Å²) in [6.07, 6.45) is -2.72. The molecule has 1 amide bonds. The van der Waals surface area contributed by atoms with Gasteiger partial charge in [-0.3, -0.25) is 4.79 Å². The molecular weight excluding hydrogens is 323 g/mol. The lowest BCUT2D eigenvalue weighted by molar-refractivity contribution is -0.137. The topological polar surface area (TPSA) is 53.7 Å². The van der Waals surface area contributed by atoms with Gasteiger partial charge in [0.15, 0.2) is 5.76 Å². The fraction of sp³-hybridized carbons (Fsp3) is 0.353. The number of hydrogen-bond acceptors (Lipinski definition) is 3. The maximum absolute atomic E-state index is 12.8. The van der Waals surface area contributed by atoms with Crippen LogP contribution in [0.5, 0.6) is 0 Å². The number of piperidine rings is 1. The van der Waals surface area contributed by atoms with E-state index in [0.29, 0.717) is 0 Å². The maximum Gasteiger partial charge on any atom is 0.416 e. The summed E-state index contributed by atoms with van der Waals surface area (Å²) >= 11 is 0. The van der Waals surface area contributed by atoms with Crippen LogP contribution in [0.1, 0.15) is 34.5 Å². The van der Waals surface area contributed by atoms with Crippen molar-refractivity contribution < 1.29 is 27.5 Å². The Bertz CT molecular complexity index is 717. The lowest BCUT2D eigenvalue weighted by Crippen LogP contribution is -2.45. The number of aliphatic hydroxyl groups is 1. The van der Waals surface area contributed by atoms with Crippen molar-refractivity contribution in [1.82, 2.24) is 4.90 Å². The molecule has 1 aliphatic heterocycles. The van der Waals surface area contributed by atoms with Gasteiger partial charge in [0.2, 0.25) is 0 Å². The number of carbonyl (C=O) groups is 1. The number of benzene rings is 1. The molecule has 4 nitrogen and oxygen atoms in total. The SMILES string of the molecule is O=C(c1ccco1)N1CCC(O)(c2cccc(C(F)(F)F)c2)CC1. The van der Waals surface area contributed by atoms with Gasteiger partial charge in [0.25, 0.3) is 5.91 Å². The third kappa shape index (κ3) is 3.17. The van der Waals surface area contributed by atoms with Crippen molar-refractivity contribution in [1.29, 1.82) is 0 Å². The minimum absolute atomic E-state index is 0.167. The number of carbonyl (C=O) groups excluding carboxylic acids is 1. The number of nitrogens with zero attached hydrogens (tertiary/aromatic N) is 1. The first-order valence-corrected chi connectivity index (χ1v) is 7.52. The van der Waals surface area contributed by atoms with E-state index >= 15 is 0 Å². The van der Waals surface area contributed by atoms with Crippen molar-refractivity contribution in [2.24, 2.45) is 0 Å². The normalized spacial score (nSPS) is 17.8. The van der Waals surface area contributed by atoms with Crippen LogP contribution < -0.4 is 0 Å². The van der Waals surface area contributed by atoms with Gasteiger partial charge >= 0.3 is 6.18 Å². The summed E-state index contributed by atoms with van der Waals surface area (Å²) in [6, 6.07) is 7.88. The molecule has 1 aliphatic rings. The lowest BCUT2D eigenvalue weighted by Gasteiger charge is -2.38. The van der Waals surface area contributed by atoms with Gasteiger partial charge in [-0.05, 0) is 42.7 Å². The molecule has 0 atom stereocenters. The fourth-order valence-electron chi connectivity index (χ4n) is 2.91. The predicted molar refractivity (Wildman–Crippen MR) is 79.2 cm³/mol. The van der Waals surface area contributed by atoms with Crippen LogP contribution in [-0.4, -0.2) is 29.0 Å². The molecule has 0 unspecified atom stereocenters. The summed E-state index contributed by atoms with van der Waals surface area (Å²) in [7, 11) is 0. The highest BCUT2D eigenvalue weighted by molar-refractivity contribution is 5.91. The van der Waals surface area contributed by atoms with Crippen molar-refractivity contribution >= 4 is 5.91 Å². The monoisotopic (exact) mass is 339 g/mol. The Morgan fingerprint density at radius 1 is 1.17 bits per heavy atom. The Kier molecular flexibility index (Phi) is 4.13. The molecule has 0 radical (unpaired) electrons. The molecule has 7 heteroatoms. The van der Waals surface area contributed by atoms with Gasteiger partial charge in [-0.15, -0.1) is 0 Å². The van der Waals surface area contributed by atoms with Crippen molar-refractivity contribution in [2.45, 2.75) is 24.6 Å². The zero-order valence-corrected chi connectivity index (χ0v) is 12.7. The van der Waals surface area contributed by atoms with Crippen molar-refractivity contribution in [2.75, 3.05) is 13.1 Å². The molecule has 3 rings (SSSR count). The zero-order chi connectivity index (χ0) is 17.4. The molecule has 2 heterocycles. The minimum Gasteiger partial charge on any atom is -0.459 e. The van der Waals surface area contributed by atoms with Gasteiger partial charge in [0, 0.05) is 13.1 Å². The Hall–Kier alpha value is -2.28. The average molecular weight is 339 g/mol. The smallest absolute Gasteiger partial charge is 0.416 e. The van der Waals surface area contributed by atoms with Crippen molar-refractivity contribution in [3.63, 3.8) is 0 Å². The summed E-state index contributed by atoms with van der Waals surface area (Å²) in [5, 5.41) is 10.7. The Balaban J connectivity index is 1.74. The first kappa shape index (κ1) is 16.6. The van der Waals surface area contributed by atoms with E-state index < -0.39 is 17.3 Å². The maximum atomic E-state index is 12.8. The van der Waals surface area contributed by atoms with E-state index in [1.54, 1.807) is 12.1 Å². The van der Waals surface area contributed by atoms with Gasteiger partial charge in [-0.2, -0.15) is 13.2 Å². The second kappa shape index (κ2) is 5.98. The Labute approximate surface area is 136 Å². The third-order valence-corrected chi connectivity index (χ3v) is 4.34. The molecule has 128 valence electrons. The molecule has 24 heavy (non-hydrogen) atoms. The van der Waals surface area contributed by atoms with E-state index in [-0.39, 0.29) is 43.2 Å². The first-order valence-electron chi connectivity index (χ1n) is 7.52. The van der Waals surface area contributed by atoms with Gasteiger partial charge in [0.1, 0.15) is 0 Å². The van der Waals surface area contributed by atoms with Gasteiger partial charge in [0.05, 0.1) is 17.4 Å². The number of hydrogen-bond donors (Lipinski definition) is 1. The molecule has 1 saturated heterocycles. The molecule has 2 aromatic rings. The van der Waals surface area contributed by atoms with E-state index in [0.717, 1.165) is 12.1 Å². The number of rotatable bonds is 2. The largest absolute Gasteiger partial charge is 0.459 e. The Morgan fingerprint density at radius 3 is 2.46 bits per heavy atom. The van der Waals surface area contributed by atoms with E-state index in [2.05, 4.69) is 0 Å². The molecular formula is C17H16F3NO3. The number of amides is 1. The fourth-order valence-corrected chi connectivity index (χ4v) is 2.91. The van der Waals surface area contributed by atoms with Crippen LogP contribution in [0.25, 0.3) is 0 Å². The van der Waals surface area contributed by atoms with E-state index in [1.165, 1.54) is 23.3 Å². The van der Waals surface area contributed by atoms with Crippen molar-refractivity contribution in [3.05, 3.63) is 59.5 Å². The number of halogens is 3. The van der Waals surface area contributed by atoms with Crippen LogP contribution in [0, 0.1) is 0 Å². The molecule has 0 spiro atoms. The van der Waals surface area contributed by atoms with Crippen LogP contribution in [0.3, 0.4) is 0 Å². The molecule has 0 aliphatic carbocycles. The summed E-state index contributed by atoms with van der Waals surface area (Å²) in [5.74, 6) is -0.0781. The molecule has 1 fully saturated rings. The summed E-state index contributed by atoms with van der Waals surface area (Å²) in [6.45, 7) is 0.485. The summed E-state index contributed by atoms with van der Waals surface area (Å²) in [5.41, 5.74) is -1.94. The van der Waals surface area contributed by atoms with E-state index in [9.17, 15) is 23.1 Å². The molecule has 0 saturated carbocycles. The number of furan rings is 1. The zero-order valence-electron chi connectivity index (χ0n) is 12.7. The summed E-state index contributed by atoms with van der Waals surface area (Å²) < 4.78 is 43.6.